The highest BCUT2D eigenvalue weighted by Crippen LogP contribution is 2.34. The molecule has 1 aliphatic heterocycles. The Morgan fingerprint density at radius 2 is 1.55 bits per heavy atom. The van der Waals surface area contributed by atoms with Crippen LogP contribution in [0.15, 0.2) is 66.7 Å². The fraction of sp³-hybridized carbons (Fsp3) is 0.231. The first-order chi connectivity index (χ1) is 16.0. The highest BCUT2D eigenvalue weighted by Gasteiger charge is 2.34. The molecular weight excluding hydrogens is 420 g/mol. The summed E-state index contributed by atoms with van der Waals surface area (Å²) in [5, 5.41) is 2.91. The lowest BCUT2D eigenvalue weighted by Crippen LogP contribution is -2.32. The molecular formula is C26H26N2O5. The SMILES string of the molecule is COc1ccc(C(CC(=O)Nc2cc(OC)cc(OC)c2)N2Cc3ccccc3C2=O)cc1. The molecule has 0 saturated carbocycles. The first kappa shape index (κ1) is 22.2. The normalized spacial score (nSPS) is 13.3. The number of amides is 2. The number of hydrogen-bond donors (Lipinski definition) is 1. The molecule has 0 bridgehead atoms. The standard InChI is InChI=1S/C26H26N2O5/c1-31-20-10-8-17(9-11-20)24(28-16-18-6-4-5-7-23(18)26(28)30)15-25(29)27-19-12-21(32-2)14-22(13-19)33-3/h4-14,24H,15-16H2,1-3H3,(H,27,29). The van der Waals surface area contributed by atoms with Crippen LogP contribution < -0.4 is 19.5 Å². The summed E-state index contributed by atoms with van der Waals surface area (Å²) in [5.41, 5.74) is 3.05. The number of carbonyl (C=O) groups excluding carboxylic acids is 2. The van der Waals surface area contributed by atoms with Gasteiger partial charge in [0.25, 0.3) is 5.91 Å². The van der Waals surface area contributed by atoms with Gasteiger partial charge in [-0.25, -0.2) is 0 Å². The average Bonchev–Trinajstić information content (AvgIpc) is 3.18. The smallest absolute Gasteiger partial charge is 0.255 e. The number of anilines is 1. The third kappa shape index (κ3) is 4.77. The van der Waals surface area contributed by atoms with Gasteiger partial charge in [-0.3, -0.25) is 9.59 Å². The Labute approximate surface area is 192 Å². The zero-order chi connectivity index (χ0) is 23.4. The van der Waals surface area contributed by atoms with E-state index in [4.69, 9.17) is 14.2 Å². The molecule has 1 atom stereocenters. The summed E-state index contributed by atoms with van der Waals surface area (Å²) in [7, 11) is 4.70. The van der Waals surface area contributed by atoms with Crippen LogP contribution in [-0.2, 0) is 11.3 Å². The van der Waals surface area contributed by atoms with Crippen molar-refractivity contribution in [1.29, 1.82) is 0 Å². The largest absolute Gasteiger partial charge is 0.497 e. The highest BCUT2D eigenvalue weighted by molar-refractivity contribution is 5.99. The van der Waals surface area contributed by atoms with Crippen LogP contribution in [0.3, 0.4) is 0 Å². The molecule has 3 aromatic carbocycles. The topological polar surface area (TPSA) is 77.1 Å². The molecule has 1 aliphatic rings. The molecule has 0 aliphatic carbocycles. The zero-order valence-corrected chi connectivity index (χ0v) is 18.8. The molecule has 0 fully saturated rings. The minimum Gasteiger partial charge on any atom is -0.497 e. The van der Waals surface area contributed by atoms with E-state index in [1.54, 1.807) is 44.4 Å². The van der Waals surface area contributed by atoms with E-state index in [-0.39, 0.29) is 18.2 Å². The van der Waals surface area contributed by atoms with E-state index in [2.05, 4.69) is 5.32 Å². The second-order valence-corrected chi connectivity index (χ2v) is 7.73. The predicted octanol–water partition coefficient (Wildman–Crippen LogP) is 4.44. The van der Waals surface area contributed by atoms with Gasteiger partial charge in [0.2, 0.25) is 5.91 Å². The van der Waals surface area contributed by atoms with Crippen molar-refractivity contribution in [3.63, 3.8) is 0 Å². The van der Waals surface area contributed by atoms with Crippen LogP contribution in [-0.4, -0.2) is 38.0 Å². The highest BCUT2D eigenvalue weighted by atomic mass is 16.5. The van der Waals surface area contributed by atoms with Crippen molar-refractivity contribution >= 4 is 17.5 Å². The van der Waals surface area contributed by atoms with Gasteiger partial charge in [-0.1, -0.05) is 30.3 Å². The van der Waals surface area contributed by atoms with Crippen molar-refractivity contribution in [1.82, 2.24) is 4.90 Å². The number of methoxy groups -OCH3 is 3. The first-order valence-corrected chi connectivity index (χ1v) is 10.6. The molecule has 1 heterocycles. The minimum atomic E-state index is -0.441. The second kappa shape index (κ2) is 9.65. The summed E-state index contributed by atoms with van der Waals surface area (Å²) in [6, 6.07) is 19.7. The van der Waals surface area contributed by atoms with E-state index in [9.17, 15) is 9.59 Å². The van der Waals surface area contributed by atoms with E-state index >= 15 is 0 Å². The molecule has 4 rings (SSSR count). The lowest BCUT2D eigenvalue weighted by molar-refractivity contribution is -0.117. The second-order valence-electron chi connectivity index (χ2n) is 7.73. The fourth-order valence-electron chi connectivity index (χ4n) is 4.03. The van der Waals surface area contributed by atoms with Gasteiger partial charge in [0.15, 0.2) is 0 Å². The molecule has 7 nitrogen and oxygen atoms in total. The minimum absolute atomic E-state index is 0.0812. The number of carbonyl (C=O) groups is 2. The first-order valence-electron chi connectivity index (χ1n) is 10.6. The quantitative estimate of drug-likeness (QED) is 0.554. The summed E-state index contributed by atoms with van der Waals surface area (Å²) in [6.45, 7) is 0.450. The fourth-order valence-corrected chi connectivity index (χ4v) is 4.03. The van der Waals surface area contributed by atoms with Gasteiger partial charge in [-0.15, -0.1) is 0 Å². The lowest BCUT2D eigenvalue weighted by atomic mass is 10.0. The Morgan fingerprint density at radius 1 is 0.909 bits per heavy atom. The predicted molar refractivity (Wildman–Crippen MR) is 125 cm³/mol. The van der Waals surface area contributed by atoms with Crippen LogP contribution in [0.2, 0.25) is 0 Å². The number of rotatable bonds is 8. The van der Waals surface area contributed by atoms with Crippen LogP contribution in [0.25, 0.3) is 0 Å². The molecule has 0 radical (unpaired) electrons. The lowest BCUT2D eigenvalue weighted by Gasteiger charge is -2.28. The van der Waals surface area contributed by atoms with Gasteiger partial charge in [0.05, 0.1) is 33.8 Å². The van der Waals surface area contributed by atoms with Crippen molar-refractivity contribution in [2.45, 2.75) is 19.0 Å². The van der Waals surface area contributed by atoms with E-state index in [0.29, 0.717) is 35.0 Å². The molecule has 0 aromatic heterocycles. The van der Waals surface area contributed by atoms with E-state index in [1.165, 1.54) is 0 Å². The number of ether oxygens (including phenoxy) is 3. The van der Waals surface area contributed by atoms with Crippen molar-refractivity contribution in [3.8, 4) is 17.2 Å². The Hall–Kier alpha value is -4.00. The molecule has 1 N–H and O–H groups in total. The van der Waals surface area contributed by atoms with Crippen molar-refractivity contribution in [3.05, 3.63) is 83.4 Å². The number of fused-ring (bicyclic) bond motifs is 1. The number of nitrogens with zero attached hydrogens (tertiary/aromatic N) is 1. The Balaban J connectivity index is 1.60. The summed E-state index contributed by atoms with van der Waals surface area (Å²) in [6.07, 6.45) is 0.0889. The molecule has 0 spiro atoms. The number of hydrogen-bond acceptors (Lipinski definition) is 5. The van der Waals surface area contributed by atoms with Crippen molar-refractivity contribution in [2.24, 2.45) is 0 Å². The van der Waals surface area contributed by atoms with Crippen molar-refractivity contribution in [2.75, 3.05) is 26.6 Å². The van der Waals surface area contributed by atoms with Crippen LogP contribution in [0.1, 0.15) is 33.9 Å². The maximum absolute atomic E-state index is 13.2. The van der Waals surface area contributed by atoms with Crippen LogP contribution >= 0.6 is 0 Å². The molecule has 33 heavy (non-hydrogen) atoms. The van der Waals surface area contributed by atoms with Gasteiger partial charge in [0.1, 0.15) is 17.2 Å². The Kier molecular flexibility index (Phi) is 6.49. The number of nitrogens with one attached hydrogen (secondary N) is 1. The van der Waals surface area contributed by atoms with E-state index < -0.39 is 6.04 Å². The number of benzene rings is 3. The molecule has 170 valence electrons. The average molecular weight is 447 g/mol. The third-order valence-corrected chi connectivity index (χ3v) is 5.74. The van der Waals surface area contributed by atoms with Gasteiger partial charge in [0, 0.05) is 36.0 Å². The summed E-state index contributed by atoms with van der Waals surface area (Å²) in [5.74, 6) is 1.54. The van der Waals surface area contributed by atoms with E-state index in [1.807, 2.05) is 48.5 Å². The monoisotopic (exact) mass is 446 g/mol. The third-order valence-electron chi connectivity index (χ3n) is 5.74. The maximum Gasteiger partial charge on any atom is 0.255 e. The van der Waals surface area contributed by atoms with Crippen LogP contribution in [0, 0.1) is 0 Å². The molecule has 7 heteroatoms. The summed E-state index contributed by atoms with van der Waals surface area (Å²) < 4.78 is 15.8. The van der Waals surface area contributed by atoms with Gasteiger partial charge in [-0.05, 0) is 29.3 Å². The van der Waals surface area contributed by atoms with Crippen LogP contribution in [0.5, 0.6) is 17.2 Å². The van der Waals surface area contributed by atoms with E-state index in [0.717, 1.165) is 11.1 Å². The maximum atomic E-state index is 13.2. The summed E-state index contributed by atoms with van der Waals surface area (Å²) >= 11 is 0. The Morgan fingerprint density at radius 3 is 2.15 bits per heavy atom. The van der Waals surface area contributed by atoms with Gasteiger partial charge < -0.3 is 24.4 Å². The van der Waals surface area contributed by atoms with Crippen molar-refractivity contribution < 1.29 is 23.8 Å². The molecule has 1 unspecified atom stereocenters. The Bertz CT molecular complexity index is 1140. The van der Waals surface area contributed by atoms with Gasteiger partial charge in [-0.2, -0.15) is 0 Å². The molecule has 0 saturated heterocycles. The molecule has 2 amide bonds. The summed E-state index contributed by atoms with van der Waals surface area (Å²) in [4.78, 5) is 28.0. The zero-order valence-electron chi connectivity index (χ0n) is 18.8. The van der Waals surface area contributed by atoms with Gasteiger partial charge >= 0.3 is 0 Å². The molecule has 3 aromatic rings. The van der Waals surface area contributed by atoms with Crippen LogP contribution in [0.4, 0.5) is 5.69 Å².